The van der Waals surface area contributed by atoms with Gasteiger partial charge in [-0.1, -0.05) is 6.07 Å². The molecule has 0 bridgehead atoms. The fourth-order valence-electron chi connectivity index (χ4n) is 0.985. The number of phenolic OH excluding ortho intramolecular Hbond substituents is 1. The lowest BCUT2D eigenvalue weighted by Crippen LogP contribution is -1.92. The normalized spacial score (nSPS) is 9.83. The minimum absolute atomic E-state index is 0.189. The third kappa shape index (κ3) is 1.91. The molecule has 1 radical (unpaired) electrons. The van der Waals surface area contributed by atoms with E-state index in [9.17, 15) is 5.11 Å². The monoisotopic (exact) mass is 165 g/mol. The van der Waals surface area contributed by atoms with E-state index in [2.05, 4.69) is 6.92 Å². The highest BCUT2D eigenvalue weighted by molar-refractivity contribution is 5.41. The predicted molar refractivity (Wildman–Crippen MR) is 48.3 cm³/mol. The highest BCUT2D eigenvalue weighted by atomic mass is 16.5. The molecule has 1 N–H and O–H groups in total. The van der Waals surface area contributed by atoms with Crippen LogP contribution in [0.3, 0.4) is 0 Å². The molecule has 0 aromatic heterocycles. The summed E-state index contributed by atoms with van der Waals surface area (Å²) in [5.41, 5.74) is 1.07. The second kappa shape index (κ2) is 4.00. The van der Waals surface area contributed by atoms with Crippen molar-refractivity contribution in [1.82, 2.24) is 0 Å². The van der Waals surface area contributed by atoms with Crippen LogP contribution in [0.25, 0.3) is 0 Å². The van der Waals surface area contributed by atoms with Crippen molar-refractivity contribution in [1.29, 1.82) is 0 Å². The van der Waals surface area contributed by atoms with E-state index in [1.807, 2.05) is 19.1 Å². The number of hydrogen-bond acceptors (Lipinski definition) is 2. The summed E-state index contributed by atoms with van der Waals surface area (Å²) in [7, 11) is 0. The van der Waals surface area contributed by atoms with Crippen molar-refractivity contribution in [2.75, 3.05) is 6.61 Å². The van der Waals surface area contributed by atoms with Gasteiger partial charge in [0.2, 0.25) is 0 Å². The van der Waals surface area contributed by atoms with Crippen molar-refractivity contribution in [3.8, 4) is 11.5 Å². The van der Waals surface area contributed by atoms with Gasteiger partial charge in [0.15, 0.2) is 11.5 Å². The van der Waals surface area contributed by atoms with Crippen LogP contribution in [-0.2, 0) is 6.42 Å². The van der Waals surface area contributed by atoms with E-state index in [-0.39, 0.29) is 5.75 Å². The minimum Gasteiger partial charge on any atom is -0.504 e. The molecule has 12 heavy (non-hydrogen) atoms. The molecule has 0 saturated heterocycles. The van der Waals surface area contributed by atoms with Gasteiger partial charge in [-0.05, 0) is 38.0 Å². The topological polar surface area (TPSA) is 29.5 Å². The predicted octanol–water partition coefficient (Wildman–Crippen LogP) is 2.17. The van der Waals surface area contributed by atoms with Gasteiger partial charge in [0.25, 0.3) is 0 Å². The summed E-state index contributed by atoms with van der Waals surface area (Å²) in [4.78, 5) is 0. The molecule has 2 nitrogen and oxygen atoms in total. The number of aromatic hydroxyl groups is 1. The van der Waals surface area contributed by atoms with Crippen LogP contribution in [0.5, 0.6) is 11.5 Å². The quantitative estimate of drug-likeness (QED) is 0.743. The van der Waals surface area contributed by atoms with Crippen molar-refractivity contribution in [3.63, 3.8) is 0 Å². The molecule has 0 amide bonds. The van der Waals surface area contributed by atoms with E-state index in [1.165, 1.54) is 0 Å². The lowest BCUT2D eigenvalue weighted by atomic mass is 10.1. The van der Waals surface area contributed by atoms with Crippen molar-refractivity contribution in [3.05, 3.63) is 30.7 Å². The summed E-state index contributed by atoms with van der Waals surface area (Å²) in [5.74, 6) is 0.729. The molecule has 2 heteroatoms. The number of benzene rings is 1. The van der Waals surface area contributed by atoms with Crippen LogP contribution in [0.2, 0.25) is 0 Å². The van der Waals surface area contributed by atoms with E-state index in [4.69, 9.17) is 4.74 Å². The molecule has 0 unspecified atom stereocenters. The largest absolute Gasteiger partial charge is 0.504 e. The van der Waals surface area contributed by atoms with Crippen LogP contribution in [0.15, 0.2) is 18.2 Å². The first-order chi connectivity index (χ1) is 5.77. The van der Waals surface area contributed by atoms with Gasteiger partial charge >= 0.3 is 0 Å². The highest BCUT2D eigenvalue weighted by Crippen LogP contribution is 2.26. The van der Waals surface area contributed by atoms with E-state index >= 15 is 0 Å². The maximum absolute atomic E-state index is 9.32. The zero-order valence-electron chi connectivity index (χ0n) is 7.21. The van der Waals surface area contributed by atoms with E-state index in [0.717, 1.165) is 5.56 Å². The number of hydrogen-bond donors (Lipinski definition) is 1. The molecule has 0 spiro atoms. The third-order valence-corrected chi connectivity index (χ3v) is 1.61. The smallest absolute Gasteiger partial charge is 0.161 e. The Morgan fingerprint density at radius 3 is 2.83 bits per heavy atom. The van der Waals surface area contributed by atoms with Crippen LogP contribution in [0, 0.1) is 6.92 Å². The minimum atomic E-state index is 0.189. The SMILES string of the molecule is [CH2]Cc1ccc(O)c(OCC)c1. The van der Waals surface area contributed by atoms with Gasteiger partial charge < -0.3 is 9.84 Å². The molecule has 0 aliphatic carbocycles. The van der Waals surface area contributed by atoms with Crippen LogP contribution in [-0.4, -0.2) is 11.7 Å². The molecule has 0 saturated carbocycles. The fraction of sp³-hybridized carbons (Fsp3) is 0.300. The average molecular weight is 165 g/mol. The Balaban J connectivity index is 2.91. The van der Waals surface area contributed by atoms with E-state index in [0.29, 0.717) is 18.8 Å². The molecule has 0 fully saturated rings. The van der Waals surface area contributed by atoms with Crippen molar-refractivity contribution in [2.45, 2.75) is 13.3 Å². The zero-order valence-corrected chi connectivity index (χ0v) is 7.21. The number of ether oxygens (including phenoxy) is 1. The second-order valence-corrected chi connectivity index (χ2v) is 2.49. The first-order valence-corrected chi connectivity index (χ1v) is 4.02. The Labute approximate surface area is 72.8 Å². The Morgan fingerprint density at radius 2 is 2.25 bits per heavy atom. The van der Waals surface area contributed by atoms with E-state index in [1.54, 1.807) is 6.07 Å². The molecular weight excluding hydrogens is 152 g/mol. The summed E-state index contributed by atoms with van der Waals surface area (Å²) < 4.78 is 5.20. The number of rotatable bonds is 3. The second-order valence-electron chi connectivity index (χ2n) is 2.49. The van der Waals surface area contributed by atoms with Gasteiger partial charge in [0.05, 0.1) is 6.61 Å². The molecule has 1 aromatic carbocycles. The van der Waals surface area contributed by atoms with Crippen molar-refractivity contribution >= 4 is 0 Å². The zero-order chi connectivity index (χ0) is 8.97. The summed E-state index contributed by atoms with van der Waals surface area (Å²) >= 11 is 0. The molecule has 65 valence electrons. The lowest BCUT2D eigenvalue weighted by Gasteiger charge is -2.06. The highest BCUT2D eigenvalue weighted by Gasteiger charge is 2.01. The van der Waals surface area contributed by atoms with Gasteiger partial charge in [0, 0.05) is 0 Å². The molecule has 0 atom stereocenters. The Bertz CT molecular complexity index is 256. The lowest BCUT2D eigenvalue weighted by molar-refractivity contribution is 0.318. The average Bonchev–Trinajstić information content (AvgIpc) is 2.09. The Kier molecular flexibility index (Phi) is 2.97. The summed E-state index contributed by atoms with van der Waals surface area (Å²) in [6, 6.07) is 5.28. The van der Waals surface area contributed by atoms with Crippen molar-refractivity contribution < 1.29 is 9.84 Å². The molecule has 1 rings (SSSR count). The molecule has 0 aliphatic rings. The van der Waals surface area contributed by atoms with Crippen molar-refractivity contribution in [2.24, 2.45) is 0 Å². The molecular formula is C10H13O2. The van der Waals surface area contributed by atoms with Crippen LogP contribution >= 0.6 is 0 Å². The standard InChI is InChI=1S/C10H13O2/c1-3-8-5-6-9(11)10(7-8)12-4-2/h5-7,11H,1,3-4H2,2H3. The summed E-state index contributed by atoms with van der Waals surface area (Å²) in [6.45, 7) is 6.20. The first-order valence-electron chi connectivity index (χ1n) is 4.02. The number of phenols is 1. The van der Waals surface area contributed by atoms with Crippen LogP contribution in [0.1, 0.15) is 12.5 Å². The Morgan fingerprint density at radius 1 is 1.50 bits per heavy atom. The van der Waals surface area contributed by atoms with Gasteiger partial charge in [-0.2, -0.15) is 0 Å². The molecule has 1 aromatic rings. The Hall–Kier alpha value is -1.18. The van der Waals surface area contributed by atoms with Gasteiger partial charge in [-0.15, -0.1) is 0 Å². The van der Waals surface area contributed by atoms with Crippen LogP contribution < -0.4 is 4.74 Å². The summed E-state index contributed by atoms with van der Waals surface area (Å²) in [5, 5.41) is 9.32. The first kappa shape index (κ1) is 8.91. The van der Waals surface area contributed by atoms with Crippen LogP contribution in [0.4, 0.5) is 0 Å². The third-order valence-electron chi connectivity index (χ3n) is 1.61. The molecule has 0 heterocycles. The maximum atomic E-state index is 9.32. The van der Waals surface area contributed by atoms with Gasteiger partial charge in [-0.3, -0.25) is 0 Å². The van der Waals surface area contributed by atoms with E-state index < -0.39 is 0 Å². The fourth-order valence-corrected chi connectivity index (χ4v) is 0.985. The molecule has 0 aliphatic heterocycles. The van der Waals surface area contributed by atoms with Gasteiger partial charge in [0.1, 0.15) is 0 Å². The summed E-state index contributed by atoms with van der Waals surface area (Å²) in [6.07, 6.45) is 0.709. The maximum Gasteiger partial charge on any atom is 0.161 e. The van der Waals surface area contributed by atoms with Gasteiger partial charge in [-0.25, -0.2) is 0 Å².